The van der Waals surface area contributed by atoms with E-state index in [9.17, 15) is 14.4 Å². The van der Waals surface area contributed by atoms with Gasteiger partial charge in [-0.1, -0.05) is 61.5 Å². The number of carbonyl (C=O) groups excluding carboxylic acids is 2. The third kappa shape index (κ3) is 9.14. The van der Waals surface area contributed by atoms with Crippen LogP contribution < -0.4 is 5.32 Å². The van der Waals surface area contributed by atoms with E-state index in [1.807, 2.05) is 25.1 Å². The summed E-state index contributed by atoms with van der Waals surface area (Å²) in [6.45, 7) is 3.99. The summed E-state index contributed by atoms with van der Waals surface area (Å²) in [6.07, 6.45) is 1.14. The Balaban J connectivity index is 1.99. The Morgan fingerprint density at radius 3 is 2.28 bits per heavy atom. The van der Waals surface area contributed by atoms with Crippen molar-refractivity contribution in [2.45, 2.75) is 44.8 Å². The largest absolute Gasteiger partial charge is 0.481 e. The van der Waals surface area contributed by atoms with Crippen LogP contribution in [0, 0.1) is 5.92 Å². The average molecular weight is 458 g/mol. The highest BCUT2D eigenvalue weighted by atomic mass is 32.2. The maximum atomic E-state index is 12.1. The number of hydrogen-bond acceptors (Lipinski definition) is 5. The molecule has 2 rings (SSSR count). The highest BCUT2D eigenvalue weighted by Crippen LogP contribution is 2.25. The second-order valence-corrected chi connectivity index (χ2v) is 8.87. The molecule has 2 aromatic carbocycles. The molecule has 0 radical (unpaired) electrons. The summed E-state index contributed by atoms with van der Waals surface area (Å²) in [5.41, 5.74) is 3.45. The first-order valence-corrected chi connectivity index (χ1v) is 11.8. The van der Waals surface area contributed by atoms with Gasteiger partial charge in [0.15, 0.2) is 0 Å². The molecule has 0 spiro atoms. The van der Waals surface area contributed by atoms with Crippen LogP contribution in [-0.4, -0.2) is 40.7 Å². The van der Waals surface area contributed by atoms with Crippen molar-refractivity contribution in [3.05, 3.63) is 60.2 Å². The van der Waals surface area contributed by atoms with Crippen LogP contribution in [0.5, 0.6) is 0 Å². The number of thioether (sulfide) groups is 1. The fourth-order valence-electron chi connectivity index (χ4n) is 3.26. The number of carboxylic acid groups (broad SMARTS) is 1. The molecule has 0 aliphatic rings. The van der Waals surface area contributed by atoms with Gasteiger partial charge in [-0.3, -0.25) is 14.4 Å². The van der Waals surface area contributed by atoms with E-state index in [0.717, 1.165) is 23.1 Å². The summed E-state index contributed by atoms with van der Waals surface area (Å²) in [4.78, 5) is 34.5. The van der Waals surface area contributed by atoms with Crippen LogP contribution in [0.4, 0.5) is 0 Å². The Kier molecular flexibility index (Phi) is 10.8. The maximum Gasteiger partial charge on any atom is 0.308 e. The molecule has 32 heavy (non-hydrogen) atoms. The summed E-state index contributed by atoms with van der Waals surface area (Å²) in [7, 11) is 0. The van der Waals surface area contributed by atoms with E-state index in [-0.39, 0.29) is 35.9 Å². The third-order valence-corrected chi connectivity index (χ3v) is 6.13. The number of nitrogens with one attached hydrogen (secondary N) is 1. The van der Waals surface area contributed by atoms with Gasteiger partial charge in [0.1, 0.15) is 0 Å². The smallest absolute Gasteiger partial charge is 0.308 e. The van der Waals surface area contributed by atoms with Crippen molar-refractivity contribution >= 4 is 29.6 Å². The summed E-state index contributed by atoms with van der Waals surface area (Å²) in [5, 5.41) is 11.5. The highest BCUT2D eigenvalue weighted by Gasteiger charge is 2.21. The van der Waals surface area contributed by atoms with Gasteiger partial charge in [0, 0.05) is 11.7 Å². The first-order valence-electron chi connectivity index (χ1n) is 10.8. The molecule has 172 valence electrons. The summed E-state index contributed by atoms with van der Waals surface area (Å²) >= 11 is 1.56. The molecular weight excluding hydrogens is 426 g/mol. The van der Waals surface area contributed by atoms with E-state index in [4.69, 9.17) is 9.84 Å². The van der Waals surface area contributed by atoms with Gasteiger partial charge in [-0.25, -0.2) is 0 Å². The lowest BCUT2D eigenvalue weighted by atomic mass is 9.98. The van der Waals surface area contributed by atoms with Crippen LogP contribution in [0.15, 0.2) is 54.6 Å². The Labute approximate surface area is 193 Å². The molecule has 0 bridgehead atoms. The molecular formula is C25H31NO5S. The highest BCUT2D eigenvalue weighted by molar-refractivity contribution is 7.99. The molecule has 0 aromatic heterocycles. The SMILES string of the molecule is CCOC(=O)[C@H](C)C[C@@H](Cc1ccc(-c2ccccc2)cc1)SCNC(=O)CCC(=O)O. The van der Waals surface area contributed by atoms with Crippen molar-refractivity contribution in [2.75, 3.05) is 12.5 Å². The zero-order valence-corrected chi connectivity index (χ0v) is 19.4. The van der Waals surface area contributed by atoms with Crippen LogP contribution in [0.3, 0.4) is 0 Å². The van der Waals surface area contributed by atoms with E-state index < -0.39 is 5.97 Å². The minimum absolute atomic E-state index is 0.0409. The zero-order chi connectivity index (χ0) is 23.3. The molecule has 2 aromatic rings. The number of benzene rings is 2. The fourth-order valence-corrected chi connectivity index (χ4v) is 4.48. The van der Waals surface area contributed by atoms with Gasteiger partial charge in [0.05, 0.1) is 24.8 Å². The van der Waals surface area contributed by atoms with Gasteiger partial charge < -0.3 is 15.2 Å². The van der Waals surface area contributed by atoms with Crippen molar-refractivity contribution in [1.29, 1.82) is 0 Å². The van der Waals surface area contributed by atoms with Crippen molar-refractivity contribution < 1.29 is 24.2 Å². The van der Waals surface area contributed by atoms with Gasteiger partial charge in [-0.05, 0) is 36.5 Å². The van der Waals surface area contributed by atoms with E-state index in [1.165, 1.54) is 0 Å². The second-order valence-electron chi connectivity index (χ2n) is 7.58. The van der Waals surface area contributed by atoms with Crippen LogP contribution in [-0.2, 0) is 25.5 Å². The molecule has 0 unspecified atom stereocenters. The molecule has 1 amide bonds. The molecule has 0 aliphatic heterocycles. The molecule has 0 fully saturated rings. The Bertz CT molecular complexity index is 870. The number of carboxylic acids is 1. The van der Waals surface area contributed by atoms with Crippen LogP contribution >= 0.6 is 11.8 Å². The van der Waals surface area contributed by atoms with Crippen molar-refractivity contribution in [3.63, 3.8) is 0 Å². The molecule has 2 N–H and O–H groups in total. The number of carbonyl (C=O) groups is 3. The maximum absolute atomic E-state index is 12.1. The fraction of sp³-hybridized carbons (Fsp3) is 0.400. The minimum atomic E-state index is -0.993. The number of ether oxygens (including phenoxy) is 1. The zero-order valence-electron chi connectivity index (χ0n) is 18.6. The van der Waals surface area contributed by atoms with Crippen LogP contribution in [0.25, 0.3) is 11.1 Å². The Morgan fingerprint density at radius 2 is 1.66 bits per heavy atom. The van der Waals surface area contributed by atoms with E-state index in [2.05, 4.69) is 41.7 Å². The quantitative estimate of drug-likeness (QED) is 0.339. The van der Waals surface area contributed by atoms with Crippen molar-refractivity contribution in [2.24, 2.45) is 5.92 Å². The molecule has 0 heterocycles. The number of aliphatic carboxylic acids is 1. The average Bonchev–Trinajstić information content (AvgIpc) is 2.78. The van der Waals surface area contributed by atoms with Crippen molar-refractivity contribution in [1.82, 2.24) is 5.32 Å². The normalized spacial score (nSPS) is 12.6. The first kappa shape index (κ1) is 25.5. The van der Waals surface area contributed by atoms with Gasteiger partial charge in [-0.2, -0.15) is 0 Å². The standard InChI is InChI=1S/C25H31NO5S/c1-3-31-25(30)18(2)15-22(32-17-26-23(27)13-14-24(28)29)16-19-9-11-21(12-10-19)20-7-5-4-6-8-20/h4-12,18,22H,3,13-17H2,1-2H3,(H,26,27)(H,28,29)/t18-,22+/m1/s1. The van der Waals surface area contributed by atoms with E-state index in [1.54, 1.807) is 18.7 Å². The van der Waals surface area contributed by atoms with Gasteiger partial charge in [0.2, 0.25) is 5.91 Å². The number of esters is 1. The molecule has 6 nitrogen and oxygen atoms in total. The predicted octanol–water partition coefficient (Wildman–Crippen LogP) is 4.53. The Morgan fingerprint density at radius 1 is 1.00 bits per heavy atom. The van der Waals surface area contributed by atoms with E-state index >= 15 is 0 Å². The molecule has 0 saturated heterocycles. The number of hydrogen-bond donors (Lipinski definition) is 2. The molecule has 7 heteroatoms. The molecule has 0 saturated carbocycles. The van der Waals surface area contributed by atoms with Crippen LogP contribution in [0.2, 0.25) is 0 Å². The monoisotopic (exact) mass is 457 g/mol. The summed E-state index contributed by atoms with van der Waals surface area (Å²) < 4.78 is 5.14. The van der Waals surface area contributed by atoms with Crippen LogP contribution in [0.1, 0.15) is 38.7 Å². The van der Waals surface area contributed by atoms with Crippen molar-refractivity contribution in [3.8, 4) is 11.1 Å². The number of rotatable bonds is 13. The Hall–Kier alpha value is -2.80. The number of amides is 1. The minimum Gasteiger partial charge on any atom is -0.481 e. The first-order chi connectivity index (χ1) is 15.4. The van der Waals surface area contributed by atoms with Gasteiger partial charge >= 0.3 is 11.9 Å². The lowest BCUT2D eigenvalue weighted by molar-refractivity contribution is -0.147. The third-order valence-electron chi connectivity index (χ3n) is 4.98. The van der Waals surface area contributed by atoms with E-state index in [0.29, 0.717) is 18.9 Å². The lowest BCUT2D eigenvalue weighted by Gasteiger charge is -2.20. The second kappa shape index (κ2) is 13.6. The van der Waals surface area contributed by atoms with Gasteiger partial charge in [0.25, 0.3) is 0 Å². The molecule has 0 aliphatic carbocycles. The predicted molar refractivity (Wildman–Crippen MR) is 127 cm³/mol. The molecule has 2 atom stereocenters. The summed E-state index contributed by atoms with van der Waals surface area (Å²) in [5.74, 6) is -1.39. The summed E-state index contributed by atoms with van der Waals surface area (Å²) in [6, 6.07) is 18.5. The lowest BCUT2D eigenvalue weighted by Crippen LogP contribution is -2.26. The topological polar surface area (TPSA) is 92.7 Å². The van der Waals surface area contributed by atoms with Gasteiger partial charge in [-0.15, -0.1) is 11.8 Å².